The number of amides is 1. The summed E-state index contributed by atoms with van der Waals surface area (Å²) in [5, 5.41) is 2.74. The predicted octanol–water partition coefficient (Wildman–Crippen LogP) is 2.61. The molecule has 1 N–H and O–H groups in total. The molecule has 0 spiro atoms. The van der Waals surface area contributed by atoms with E-state index in [1.807, 2.05) is 0 Å². The molecule has 0 radical (unpaired) electrons. The third-order valence-electron chi connectivity index (χ3n) is 4.20. The van der Waals surface area contributed by atoms with Crippen molar-refractivity contribution in [3.63, 3.8) is 0 Å². The molecule has 2 saturated carbocycles. The van der Waals surface area contributed by atoms with E-state index >= 15 is 0 Å². The Morgan fingerprint density at radius 3 is 2.88 bits per heavy atom. The average Bonchev–Trinajstić information content (AvgIpc) is 2.86. The molecule has 92 valence electrons. The van der Waals surface area contributed by atoms with Crippen LogP contribution >= 0.6 is 12.6 Å². The van der Waals surface area contributed by atoms with Gasteiger partial charge in [0.2, 0.25) is 0 Å². The standard InChI is InChI=1S/C12H21NO2S/c1-2-12(15-11(14)13-5-6-16)8-9-3-4-10(12)7-9/h9-10,16H,2-8H2,1H3,(H,13,14). The van der Waals surface area contributed by atoms with Gasteiger partial charge >= 0.3 is 6.09 Å². The first-order valence-corrected chi connectivity index (χ1v) is 6.91. The van der Waals surface area contributed by atoms with E-state index < -0.39 is 0 Å². The van der Waals surface area contributed by atoms with Crippen molar-refractivity contribution >= 4 is 18.7 Å². The second kappa shape index (κ2) is 4.86. The minimum absolute atomic E-state index is 0.163. The van der Waals surface area contributed by atoms with Crippen LogP contribution in [0.3, 0.4) is 0 Å². The van der Waals surface area contributed by atoms with E-state index in [1.54, 1.807) is 0 Å². The lowest BCUT2D eigenvalue weighted by molar-refractivity contribution is -0.0330. The molecule has 1 amide bonds. The van der Waals surface area contributed by atoms with E-state index in [0.717, 1.165) is 18.8 Å². The Hall–Kier alpha value is -0.380. The van der Waals surface area contributed by atoms with E-state index in [2.05, 4.69) is 24.9 Å². The second-order valence-corrected chi connectivity index (χ2v) is 5.49. The van der Waals surface area contributed by atoms with Crippen molar-refractivity contribution in [2.24, 2.45) is 11.8 Å². The topological polar surface area (TPSA) is 38.3 Å². The number of fused-ring (bicyclic) bond motifs is 2. The molecule has 3 atom stereocenters. The zero-order chi connectivity index (χ0) is 11.6. The number of thiol groups is 1. The predicted molar refractivity (Wildman–Crippen MR) is 66.8 cm³/mol. The minimum atomic E-state index is -0.261. The molecule has 3 unspecified atom stereocenters. The summed E-state index contributed by atoms with van der Waals surface area (Å²) in [6.07, 6.45) is 5.58. The van der Waals surface area contributed by atoms with Crippen LogP contribution in [0, 0.1) is 11.8 Å². The number of alkyl carbamates (subject to hydrolysis) is 1. The maximum absolute atomic E-state index is 11.6. The number of hydrogen-bond donors (Lipinski definition) is 2. The molecule has 2 rings (SSSR count). The van der Waals surface area contributed by atoms with Crippen molar-refractivity contribution in [2.45, 2.75) is 44.6 Å². The number of carbonyl (C=O) groups is 1. The van der Waals surface area contributed by atoms with Crippen LogP contribution in [0.1, 0.15) is 39.0 Å². The molecule has 0 aliphatic heterocycles. The van der Waals surface area contributed by atoms with Gasteiger partial charge in [-0.25, -0.2) is 4.79 Å². The smallest absolute Gasteiger partial charge is 0.407 e. The molecule has 4 heteroatoms. The molecule has 2 aliphatic rings. The van der Waals surface area contributed by atoms with Gasteiger partial charge in [0.25, 0.3) is 0 Å². The summed E-state index contributed by atoms with van der Waals surface area (Å²) < 4.78 is 5.70. The van der Waals surface area contributed by atoms with Gasteiger partial charge in [0.15, 0.2) is 0 Å². The lowest BCUT2D eigenvalue weighted by Gasteiger charge is -2.36. The number of rotatable bonds is 4. The lowest BCUT2D eigenvalue weighted by atomic mass is 9.82. The van der Waals surface area contributed by atoms with Gasteiger partial charge in [0, 0.05) is 12.3 Å². The van der Waals surface area contributed by atoms with E-state index in [1.165, 1.54) is 19.3 Å². The van der Waals surface area contributed by atoms with Gasteiger partial charge in [-0.2, -0.15) is 12.6 Å². The van der Waals surface area contributed by atoms with Crippen LogP contribution in [0.4, 0.5) is 4.79 Å². The highest BCUT2D eigenvalue weighted by molar-refractivity contribution is 7.80. The molecule has 16 heavy (non-hydrogen) atoms. The van der Waals surface area contributed by atoms with Gasteiger partial charge in [0.1, 0.15) is 5.60 Å². The van der Waals surface area contributed by atoms with Gasteiger partial charge in [-0.3, -0.25) is 0 Å². The summed E-state index contributed by atoms with van der Waals surface area (Å²) in [6, 6.07) is 0. The molecule has 3 nitrogen and oxygen atoms in total. The van der Waals surface area contributed by atoms with Gasteiger partial charge < -0.3 is 10.1 Å². The van der Waals surface area contributed by atoms with Crippen LogP contribution in [0.2, 0.25) is 0 Å². The van der Waals surface area contributed by atoms with E-state index in [-0.39, 0.29) is 11.7 Å². The molecular formula is C12H21NO2S. The highest BCUT2D eigenvalue weighted by Gasteiger charge is 2.52. The summed E-state index contributed by atoms with van der Waals surface area (Å²) in [5.41, 5.74) is -0.163. The Morgan fingerprint density at radius 2 is 2.38 bits per heavy atom. The summed E-state index contributed by atoms with van der Waals surface area (Å²) in [6.45, 7) is 2.71. The van der Waals surface area contributed by atoms with E-state index in [9.17, 15) is 4.79 Å². The number of nitrogens with one attached hydrogen (secondary N) is 1. The highest BCUT2D eigenvalue weighted by Crippen LogP contribution is 2.54. The van der Waals surface area contributed by atoms with E-state index in [4.69, 9.17) is 4.74 Å². The Bertz CT molecular complexity index is 272. The van der Waals surface area contributed by atoms with Crippen LogP contribution in [-0.2, 0) is 4.74 Å². The molecule has 2 aliphatic carbocycles. The number of hydrogen-bond acceptors (Lipinski definition) is 3. The third kappa shape index (κ3) is 2.17. The van der Waals surface area contributed by atoms with Crippen molar-refractivity contribution < 1.29 is 9.53 Å². The van der Waals surface area contributed by atoms with Crippen LogP contribution in [0.25, 0.3) is 0 Å². The lowest BCUT2D eigenvalue weighted by Crippen LogP contribution is -2.43. The van der Waals surface area contributed by atoms with Crippen molar-refractivity contribution in [1.82, 2.24) is 5.32 Å². The highest BCUT2D eigenvalue weighted by atomic mass is 32.1. The quantitative estimate of drug-likeness (QED) is 0.745. The second-order valence-electron chi connectivity index (χ2n) is 5.04. The fourth-order valence-corrected chi connectivity index (χ4v) is 3.51. The first kappa shape index (κ1) is 12.1. The molecule has 0 heterocycles. The van der Waals surface area contributed by atoms with Gasteiger partial charge in [-0.05, 0) is 43.9 Å². The Morgan fingerprint density at radius 1 is 1.56 bits per heavy atom. The molecule has 2 bridgehead atoms. The molecule has 0 aromatic rings. The SMILES string of the molecule is CCC1(OC(=O)NCCS)CC2CCC1C2. The summed E-state index contributed by atoms with van der Waals surface area (Å²) in [7, 11) is 0. The maximum Gasteiger partial charge on any atom is 0.407 e. The van der Waals surface area contributed by atoms with Gasteiger partial charge in [-0.15, -0.1) is 0 Å². The normalized spacial score (nSPS) is 36.4. The molecular weight excluding hydrogens is 222 g/mol. The van der Waals surface area contributed by atoms with Crippen molar-refractivity contribution in [2.75, 3.05) is 12.3 Å². The fraction of sp³-hybridized carbons (Fsp3) is 0.917. The van der Waals surface area contributed by atoms with Crippen LogP contribution in [0.15, 0.2) is 0 Å². The fourth-order valence-electron chi connectivity index (χ4n) is 3.40. The zero-order valence-corrected chi connectivity index (χ0v) is 10.8. The van der Waals surface area contributed by atoms with Crippen LogP contribution in [-0.4, -0.2) is 24.0 Å². The molecule has 0 aromatic heterocycles. The minimum Gasteiger partial charge on any atom is -0.443 e. The molecule has 2 fully saturated rings. The first-order valence-electron chi connectivity index (χ1n) is 6.28. The van der Waals surface area contributed by atoms with Crippen molar-refractivity contribution in [3.8, 4) is 0 Å². The number of carbonyl (C=O) groups excluding carboxylic acids is 1. The van der Waals surface area contributed by atoms with Gasteiger partial charge in [0.05, 0.1) is 0 Å². The average molecular weight is 243 g/mol. The van der Waals surface area contributed by atoms with Crippen LogP contribution in [0.5, 0.6) is 0 Å². The summed E-state index contributed by atoms with van der Waals surface area (Å²) in [4.78, 5) is 11.6. The monoisotopic (exact) mass is 243 g/mol. The summed E-state index contributed by atoms with van der Waals surface area (Å²) >= 11 is 4.06. The Labute approximate surface area is 103 Å². The van der Waals surface area contributed by atoms with Crippen LogP contribution < -0.4 is 5.32 Å². The van der Waals surface area contributed by atoms with Gasteiger partial charge in [-0.1, -0.05) is 6.92 Å². The first-order chi connectivity index (χ1) is 7.70. The zero-order valence-electron chi connectivity index (χ0n) is 9.87. The summed E-state index contributed by atoms with van der Waals surface area (Å²) in [5.74, 6) is 2.05. The molecule has 0 aromatic carbocycles. The van der Waals surface area contributed by atoms with E-state index in [0.29, 0.717) is 18.2 Å². The maximum atomic E-state index is 11.6. The van der Waals surface area contributed by atoms with Crippen molar-refractivity contribution in [1.29, 1.82) is 0 Å². The van der Waals surface area contributed by atoms with Crippen molar-refractivity contribution in [3.05, 3.63) is 0 Å². The Balaban J connectivity index is 1.93. The number of ether oxygens (including phenoxy) is 1. The molecule has 0 saturated heterocycles. The Kier molecular flexibility index (Phi) is 3.67. The third-order valence-corrected chi connectivity index (χ3v) is 4.42. The largest absolute Gasteiger partial charge is 0.443 e.